The number of hydrogen-bond acceptors (Lipinski definition) is 6. The molecule has 0 bridgehead atoms. The quantitative estimate of drug-likeness (QED) is 0.271. The summed E-state index contributed by atoms with van der Waals surface area (Å²) in [4.78, 5) is 13.3. The standard InChI is InChI=1S/C24H23O6P/c1-27-21-15-13-20(14-16-21)24(31(26,28-2)29-3)23(30-24)22(25)19-11-9-18(10-12-19)17-7-5-4-6-8-17/h4-16,23H,1-3H3/t23-,24-/m0/s1. The smallest absolute Gasteiger partial charge is 0.369 e. The molecule has 6 nitrogen and oxygen atoms in total. The maximum atomic E-state index is 13.4. The second kappa shape index (κ2) is 8.40. The van der Waals surface area contributed by atoms with Gasteiger partial charge in [0.25, 0.3) is 0 Å². The van der Waals surface area contributed by atoms with Crippen LogP contribution in [0.5, 0.6) is 5.75 Å². The fourth-order valence-corrected chi connectivity index (χ4v) is 5.54. The van der Waals surface area contributed by atoms with Gasteiger partial charge in [-0.15, -0.1) is 0 Å². The lowest BCUT2D eigenvalue weighted by Gasteiger charge is -2.22. The van der Waals surface area contributed by atoms with Gasteiger partial charge in [0.15, 0.2) is 11.9 Å². The van der Waals surface area contributed by atoms with E-state index in [1.807, 2.05) is 42.5 Å². The molecule has 31 heavy (non-hydrogen) atoms. The first kappa shape index (κ1) is 21.5. The van der Waals surface area contributed by atoms with Crippen molar-refractivity contribution in [3.05, 3.63) is 90.0 Å². The molecule has 0 amide bonds. The van der Waals surface area contributed by atoms with Crippen molar-refractivity contribution < 1.29 is 27.9 Å². The molecule has 1 heterocycles. The highest BCUT2D eigenvalue weighted by Gasteiger charge is 2.74. The van der Waals surface area contributed by atoms with E-state index in [0.717, 1.165) is 11.1 Å². The molecule has 1 saturated heterocycles. The Labute approximate surface area is 181 Å². The van der Waals surface area contributed by atoms with E-state index in [4.69, 9.17) is 18.5 Å². The fraction of sp³-hybridized carbons (Fsp3) is 0.208. The SMILES string of the molecule is COc1ccc([C@@]2(P(=O)(OC)OC)O[C@H]2C(=O)c2ccc(-c3ccccc3)cc2)cc1. The predicted octanol–water partition coefficient (Wildman–Crippen LogP) is 5.28. The number of hydrogen-bond donors (Lipinski definition) is 0. The summed E-state index contributed by atoms with van der Waals surface area (Å²) in [6.07, 6.45) is -0.991. The summed E-state index contributed by atoms with van der Waals surface area (Å²) >= 11 is 0. The largest absolute Gasteiger partial charge is 0.497 e. The van der Waals surface area contributed by atoms with Gasteiger partial charge in [0.1, 0.15) is 5.75 Å². The van der Waals surface area contributed by atoms with Gasteiger partial charge in [-0.2, -0.15) is 0 Å². The zero-order chi connectivity index (χ0) is 22.1. The zero-order valence-electron chi connectivity index (χ0n) is 17.5. The zero-order valence-corrected chi connectivity index (χ0v) is 18.4. The monoisotopic (exact) mass is 438 g/mol. The van der Waals surface area contributed by atoms with Gasteiger partial charge in [0.05, 0.1) is 7.11 Å². The third kappa shape index (κ3) is 3.62. The topological polar surface area (TPSA) is 74.4 Å². The summed E-state index contributed by atoms with van der Waals surface area (Å²) < 4.78 is 34.9. The van der Waals surface area contributed by atoms with Crippen molar-refractivity contribution in [2.75, 3.05) is 21.3 Å². The maximum absolute atomic E-state index is 13.4. The van der Waals surface area contributed by atoms with Gasteiger partial charge < -0.3 is 18.5 Å². The predicted molar refractivity (Wildman–Crippen MR) is 117 cm³/mol. The molecule has 1 aliphatic rings. The third-order valence-electron chi connectivity index (χ3n) is 5.50. The van der Waals surface area contributed by atoms with E-state index < -0.39 is 19.0 Å². The van der Waals surface area contributed by atoms with Crippen molar-refractivity contribution in [2.24, 2.45) is 0 Å². The number of methoxy groups -OCH3 is 1. The van der Waals surface area contributed by atoms with Crippen LogP contribution in [0, 0.1) is 0 Å². The van der Waals surface area contributed by atoms with Crippen LogP contribution in [-0.2, 0) is 23.7 Å². The van der Waals surface area contributed by atoms with Crippen molar-refractivity contribution >= 4 is 13.4 Å². The van der Waals surface area contributed by atoms with E-state index in [-0.39, 0.29) is 5.78 Å². The van der Waals surface area contributed by atoms with Gasteiger partial charge in [0.2, 0.25) is 5.34 Å². The molecule has 1 aliphatic heterocycles. The van der Waals surface area contributed by atoms with Gasteiger partial charge in [0, 0.05) is 19.8 Å². The van der Waals surface area contributed by atoms with Crippen molar-refractivity contribution in [3.8, 4) is 16.9 Å². The molecule has 2 atom stereocenters. The van der Waals surface area contributed by atoms with Crippen molar-refractivity contribution in [1.29, 1.82) is 0 Å². The van der Waals surface area contributed by atoms with E-state index in [1.54, 1.807) is 43.5 Å². The molecule has 1 fully saturated rings. The van der Waals surface area contributed by atoms with Crippen LogP contribution in [0.25, 0.3) is 11.1 Å². The molecular weight excluding hydrogens is 415 g/mol. The number of carbonyl (C=O) groups is 1. The third-order valence-corrected chi connectivity index (χ3v) is 7.87. The lowest BCUT2D eigenvalue weighted by atomic mass is 9.99. The molecule has 0 spiro atoms. The van der Waals surface area contributed by atoms with Crippen LogP contribution in [0.4, 0.5) is 0 Å². The summed E-state index contributed by atoms with van der Waals surface area (Å²) in [5.41, 5.74) is 3.04. The van der Waals surface area contributed by atoms with Gasteiger partial charge in [-0.25, -0.2) is 0 Å². The minimum atomic E-state index is -3.79. The van der Waals surface area contributed by atoms with Gasteiger partial charge in [-0.1, -0.05) is 66.7 Å². The lowest BCUT2D eigenvalue weighted by molar-refractivity contribution is 0.0953. The number of epoxide rings is 1. The Hall–Kier alpha value is -2.76. The Morgan fingerprint density at radius 2 is 1.42 bits per heavy atom. The summed E-state index contributed by atoms with van der Waals surface area (Å²) in [6, 6.07) is 24.0. The maximum Gasteiger partial charge on any atom is 0.369 e. The Morgan fingerprint density at radius 3 is 1.97 bits per heavy atom. The number of carbonyl (C=O) groups excluding carboxylic acids is 1. The van der Waals surface area contributed by atoms with Crippen LogP contribution in [0.15, 0.2) is 78.9 Å². The number of Topliss-reactive ketones (excluding diaryl/α,β-unsaturated/α-hetero) is 1. The van der Waals surface area contributed by atoms with Crippen molar-refractivity contribution in [2.45, 2.75) is 11.4 Å². The molecule has 3 aromatic carbocycles. The first-order valence-electron chi connectivity index (χ1n) is 9.72. The molecule has 7 heteroatoms. The number of rotatable bonds is 8. The molecule has 0 N–H and O–H groups in total. The van der Waals surface area contributed by atoms with Crippen molar-refractivity contribution in [3.63, 3.8) is 0 Å². The molecule has 0 unspecified atom stereocenters. The van der Waals surface area contributed by atoms with E-state index in [2.05, 4.69) is 0 Å². The second-order valence-corrected chi connectivity index (χ2v) is 9.48. The first-order chi connectivity index (χ1) is 15.0. The average molecular weight is 438 g/mol. The number of benzene rings is 3. The van der Waals surface area contributed by atoms with Gasteiger partial charge >= 0.3 is 7.60 Å². The van der Waals surface area contributed by atoms with Crippen LogP contribution in [0.3, 0.4) is 0 Å². The van der Waals surface area contributed by atoms with E-state index in [0.29, 0.717) is 16.9 Å². The van der Waals surface area contributed by atoms with E-state index in [9.17, 15) is 9.36 Å². The molecule has 0 aliphatic carbocycles. The number of ether oxygens (including phenoxy) is 2. The van der Waals surface area contributed by atoms with Crippen LogP contribution < -0.4 is 4.74 Å². The molecule has 0 saturated carbocycles. The summed E-state index contributed by atoms with van der Waals surface area (Å²) in [6.45, 7) is 0. The molecule has 4 rings (SSSR count). The van der Waals surface area contributed by atoms with Crippen LogP contribution >= 0.6 is 7.60 Å². The Morgan fingerprint density at radius 1 is 0.839 bits per heavy atom. The minimum Gasteiger partial charge on any atom is -0.497 e. The molecular formula is C24H23O6P. The van der Waals surface area contributed by atoms with E-state index >= 15 is 0 Å². The Balaban J connectivity index is 1.66. The highest BCUT2D eigenvalue weighted by atomic mass is 31.2. The fourth-order valence-electron chi connectivity index (χ4n) is 3.75. The molecule has 0 radical (unpaired) electrons. The lowest BCUT2D eigenvalue weighted by Crippen LogP contribution is -2.21. The van der Waals surface area contributed by atoms with Crippen LogP contribution in [0.2, 0.25) is 0 Å². The molecule has 3 aromatic rings. The van der Waals surface area contributed by atoms with E-state index in [1.165, 1.54) is 14.2 Å². The first-order valence-corrected chi connectivity index (χ1v) is 11.3. The highest BCUT2D eigenvalue weighted by Crippen LogP contribution is 2.74. The number of ketones is 1. The van der Waals surface area contributed by atoms with Crippen LogP contribution in [-0.4, -0.2) is 33.2 Å². The summed E-state index contributed by atoms with van der Waals surface area (Å²) in [5.74, 6) is 0.341. The van der Waals surface area contributed by atoms with Gasteiger partial charge in [-0.05, 0) is 28.8 Å². The summed E-state index contributed by atoms with van der Waals surface area (Å²) in [7, 11) is 0.335. The Bertz CT molecular complexity index is 1100. The second-order valence-electron chi connectivity index (χ2n) is 7.09. The summed E-state index contributed by atoms with van der Waals surface area (Å²) in [5, 5.41) is -1.50. The van der Waals surface area contributed by atoms with Gasteiger partial charge in [-0.3, -0.25) is 9.36 Å². The average Bonchev–Trinajstić information content (AvgIpc) is 3.61. The van der Waals surface area contributed by atoms with Crippen molar-refractivity contribution in [1.82, 2.24) is 0 Å². The highest BCUT2D eigenvalue weighted by molar-refractivity contribution is 7.55. The normalized spacial score (nSPS) is 20.3. The molecule has 0 aromatic heterocycles. The Kier molecular flexibility index (Phi) is 5.82. The molecule has 160 valence electrons. The van der Waals surface area contributed by atoms with Crippen LogP contribution in [0.1, 0.15) is 15.9 Å². The minimum absolute atomic E-state index is 0.287.